The number of hydrazone groups is 1. The zero-order valence-corrected chi connectivity index (χ0v) is 16.5. The van der Waals surface area contributed by atoms with Crippen LogP contribution in [0, 0.1) is 19.8 Å². The molecule has 2 aromatic carbocycles. The molecule has 0 bridgehead atoms. The number of rotatable bonds is 3. The number of aryl methyl sites for hydroxylation is 2. The number of nitrogens with one attached hydrogen (secondary N) is 2. The molecule has 1 aliphatic rings. The largest absolute Gasteiger partial charge is 0.353 e. The lowest BCUT2D eigenvalue weighted by atomic mass is 9.86. The van der Waals surface area contributed by atoms with Crippen molar-refractivity contribution < 1.29 is 8.42 Å². The Balaban J connectivity index is 1.73. The van der Waals surface area contributed by atoms with Crippen molar-refractivity contribution in [3.05, 3.63) is 64.8 Å². The number of para-hydroxylation sites is 1. The van der Waals surface area contributed by atoms with Crippen molar-refractivity contribution in [3.63, 3.8) is 0 Å². The molecule has 1 aliphatic carbocycles. The average molecular weight is 382 g/mol. The lowest BCUT2D eigenvalue weighted by Crippen LogP contribution is -2.24. The Morgan fingerprint density at radius 1 is 1.07 bits per heavy atom. The molecule has 3 aromatic rings. The van der Waals surface area contributed by atoms with Crippen LogP contribution in [0.3, 0.4) is 0 Å². The summed E-state index contributed by atoms with van der Waals surface area (Å²) in [6.07, 6.45) is 1.69. The molecule has 1 unspecified atom stereocenters. The van der Waals surface area contributed by atoms with Crippen molar-refractivity contribution in [1.82, 2.24) is 9.82 Å². The van der Waals surface area contributed by atoms with Crippen molar-refractivity contribution in [2.75, 3.05) is 0 Å². The first kappa shape index (κ1) is 17.8. The van der Waals surface area contributed by atoms with E-state index in [4.69, 9.17) is 0 Å². The molecule has 1 aromatic heterocycles. The molecule has 4 rings (SSSR count). The van der Waals surface area contributed by atoms with E-state index in [0.717, 1.165) is 35.3 Å². The van der Waals surface area contributed by atoms with E-state index < -0.39 is 10.0 Å². The lowest BCUT2D eigenvalue weighted by molar-refractivity contribution is 0.578. The summed E-state index contributed by atoms with van der Waals surface area (Å²) in [5.41, 5.74) is 6.22. The number of hydrogen-bond donors (Lipinski definition) is 2. The number of benzene rings is 2. The van der Waals surface area contributed by atoms with Gasteiger partial charge in [0.05, 0.1) is 16.3 Å². The molecule has 0 fully saturated rings. The Hall–Kier alpha value is -2.60. The van der Waals surface area contributed by atoms with Gasteiger partial charge in [-0.25, -0.2) is 0 Å². The van der Waals surface area contributed by atoms with Crippen LogP contribution in [-0.4, -0.2) is 19.1 Å². The van der Waals surface area contributed by atoms with Gasteiger partial charge in [0.1, 0.15) is 0 Å². The Morgan fingerprint density at radius 3 is 2.56 bits per heavy atom. The number of nitrogens with zero attached hydrogens (tertiary/aromatic N) is 1. The summed E-state index contributed by atoms with van der Waals surface area (Å²) >= 11 is 0. The summed E-state index contributed by atoms with van der Waals surface area (Å²) in [6.45, 7) is 6.17. The average Bonchev–Trinajstić information content (AvgIpc) is 3.00. The van der Waals surface area contributed by atoms with Crippen LogP contribution in [0.4, 0.5) is 0 Å². The van der Waals surface area contributed by atoms with Gasteiger partial charge in [-0.05, 0) is 55.9 Å². The smallest absolute Gasteiger partial charge is 0.276 e. The highest BCUT2D eigenvalue weighted by Gasteiger charge is 2.26. The van der Waals surface area contributed by atoms with Crippen molar-refractivity contribution in [3.8, 4) is 0 Å². The Labute approximate surface area is 159 Å². The van der Waals surface area contributed by atoms with Crippen LogP contribution in [0.5, 0.6) is 0 Å². The van der Waals surface area contributed by atoms with Crippen molar-refractivity contribution >= 4 is 26.6 Å². The number of aromatic amines is 1. The molecular formula is C21H23N3O2S. The van der Waals surface area contributed by atoms with Gasteiger partial charge in [0, 0.05) is 10.9 Å². The summed E-state index contributed by atoms with van der Waals surface area (Å²) in [7, 11) is -3.69. The van der Waals surface area contributed by atoms with Crippen LogP contribution < -0.4 is 4.83 Å². The predicted molar refractivity (Wildman–Crippen MR) is 109 cm³/mol. The Bertz CT molecular complexity index is 1140. The summed E-state index contributed by atoms with van der Waals surface area (Å²) in [4.78, 5) is 6.11. The molecule has 140 valence electrons. The molecule has 2 N–H and O–H groups in total. The number of fused-ring (bicyclic) bond motifs is 3. The van der Waals surface area contributed by atoms with Crippen LogP contribution in [0.1, 0.15) is 35.7 Å². The maximum absolute atomic E-state index is 12.6. The third-order valence-electron chi connectivity index (χ3n) is 5.16. The number of sulfonamides is 1. The highest BCUT2D eigenvalue weighted by Crippen LogP contribution is 2.33. The highest BCUT2D eigenvalue weighted by molar-refractivity contribution is 7.89. The van der Waals surface area contributed by atoms with Crippen LogP contribution >= 0.6 is 0 Å². The van der Waals surface area contributed by atoms with Gasteiger partial charge in [-0.15, -0.1) is 0 Å². The molecule has 0 spiro atoms. The maximum Gasteiger partial charge on any atom is 0.276 e. The second-order valence-corrected chi connectivity index (χ2v) is 9.12. The van der Waals surface area contributed by atoms with E-state index in [1.54, 1.807) is 24.3 Å². The van der Waals surface area contributed by atoms with Gasteiger partial charge in [0.25, 0.3) is 10.0 Å². The summed E-state index contributed by atoms with van der Waals surface area (Å²) < 4.78 is 25.2. The molecule has 1 heterocycles. The molecule has 0 radical (unpaired) electrons. The number of H-pyrrole nitrogens is 1. The van der Waals surface area contributed by atoms with E-state index in [1.807, 2.05) is 6.92 Å². The van der Waals surface area contributed by atoms with Crippen molar-refractivity contribution in [2.24, 2.45) is 11.0 Å². The van der Waals surface area contributed by atoms with E-state index in [-0.39, 0.29) is 4.90 Å². The second kappa shape index (κ2) is 6.53. The van der Waals surface area contributed by atoms with E-state index in [2.05, 4.69) is 47.0 Å². The standard InChI is InChI=1S/C21H23N3O2S/c1-13-7-9-16(10-8-13)27(25,26)24-23-19-12-14(2)11-18-17-6-4-5-15(3)20(17)22-21(18)19/h4-10,14,22,24H,11-12H2,1-3H3/b23-19-. The van der Waals surface area contributed by atoms with Crippen molar-refractivity contribution in [2.45, 2.75) is 38.5 Å². The van der Waals surface area contributed by atoms with Crippen LogP contribution in [0.25, 0.3) is 10.9 Å². The van der Waals surface area contributed by atoms with Gasteiger partial charge in [-0.1, -0.05) is 42.8 Å². The summed E-state index contributed by atoms with van der Waals surface area (Å²) in [5, 5.41) is 5.52. The maximum atomic E-state index is 12.6. The van der Waals surface area contributed by atoms with Crippen molar-refractivity contribution in [1.29, 1.82) is 0 Å². The van der Waals surface area contributed by atoms with Crippen LogP contribution in [-0.2, 0) is 16.4 Å². The zero-order valence-electron chi connectivity index (χ0n) is 15.7. The predicted octanol–water partition coefficient (Wildman–Crippen LogP) is 4.05. The van der Waals surface area contributed by atoms with E-state index in [9.17, 15) is 8.42 Å². The SMILES string of the molecule is Cc1ccc(S(=O)(=O)N/N=C2/CC(C)Cc3c2[nH]c2c(C)cccc32)cc1. The van der Waals surface area contributed by atoms with Crippen LogP contribution in [0.15, 0.2) is 52.5 Å². The minimum atomic E-state index is -3.69. The van der Waals surface area contributed by atoms with Gasteiger partial charge in [-0.3, -0.25) is 0 Å². The second-order valence-electron chi connectivity index (χ2n) is 7.46. The van der Waals surface area contributed by atoms with Gasteiger partial charge in [0.2, 0.25) is 0 Å². The molecule has 6 heteroatoms. The van der Waals surface area contributed by atoms with E-state index in [0.29, 0.717) is 5.92 Å². The fourth-order valence-corrected chi connectivity index (χ4v) is 4.55. The fraction of sp³-hybridized carbons (Fsp3) is 0.286. The molecule has 0 aliphatic heterocycles. The molecule has 27 heavy (non-hydrogen) atoms. The first-order chi connectivity index (χ1) is 12.8. The van der Waals surface area contributed by atoms with Gasteiger partial charge < -0.3 is 4.98 Å². The lowest BCUT2D eigenvalue weighted by Gasteiger charge is -2.20. The third kappa shape index (κ3) is 3.25. The quantitative estimate of drug-likeness (QED) is 0.672. The molecule has 0 saturated carbocycles. The van der Waals surface area contributed by atoms with Crippen LogP contribution in [0.2, 0.25) is 0 Å². The first-order valence-corrected chi connectivity index (χ1v) is 10.6. The normalized spacial score (nSPS) is 18.6. The van der Waals surface area contributed by atoms with Gasteiger partial charge in [0.15, 0.2) is 0 Å². The van der Waals surface area contributed by atoms with E-state index in [1.165, 1.54) is 16.5 Å². The van der Waals surface area contributed by atoms with E-state index >= 15 is 0 Å². The molecule has 0 amide bonds. The number of aromatic nitrogens is 1. The summed E-state index contributed by atoms with van der Waals surface area (Å²) in [6, 6.07) is 13.0. The number of hydrogen-bond acceptors (Lipinski definition) is 3. The minimum absolute atomic E-state index is 0.217. The fourth-order valence-electron chi connectivity index (χ4n) is 3.72. The monoisotopic (exact) mass is 381 g/mol. The molecule has 5 nitrogen and oxygen atoms in total. The molecule has 1 atom stereocenters. The first-order valence-electron chi connectivity index (χ1n) is 9.11. The topological polar surface area (TPSA) is 74.3 Å². The Kier molecular flexibility index (Phi) is 4.30. The highest BCUT2D eigenvalue weighted by atomic mass is 32.2. The zero-order chi connectivity index (χ0) is 19.2. The van der Waals surface area contributed by atoms with Gasteiger partial charge >= 0.3 is 0 Å². The third-order valence-corrected chi connectivity index (χ3v) is 6.39. The van der Waals surface area contributed by atoms with Gasteiger partial charge in [-0.2, -0.15) is 18.4 Å². The molecular weight excluding hydrogens is 358 g/mol. The minimum Gasteiger partial charge on any atom is -0.353 e. The Morgan fingerprint density at radius 2 is 1.81 bits per heavy atom. The molecule has 0 saturated heterocycles. The summed E-state index contributed by atoms with van der Waals surface area (Å²) in [5.74, 6) is 0.402.